The minimum absolute atomic E-state index is 0.0978. The summed E-state index contributed by atoms with van der Waals surface area (Å²) in [6.07, 6.45) is 0.414. The van der Waals surface area contributed by atoms with Gasteiger partial charge in [0.05, 0.1) is 0 Å². The lowest BCUT2D eigenvalue weighted by molar-refractivity contribution is -0.135. The van der Waals surface area contributed by atoms with E-state index >= 15 is 0 Å². The number of hydrogen-bond acceptors (Lipinski definition) is 3. The van der Waals surface area contributed by atoms with Crippen molar-refractivity contribution in [3.8, 4) is 5.75 Å². The fourth-order valence-electron chi connectivity index (χ4n) is 1.39. The molecule has 0 bridgehead atoms. The average Bonchev–Trinajstić information content (AvgIpc) is 2.29. The number of amides is 1. The van der Waals surface area contributed by atoms with E-state index in [1.54, 1.807) is 12.1 Å². The minimum Gasteiger partial charge on any atom is -0.425 e. The van der Waals surface area contributed by atoms with Crippen LogP contribution < -0.4 is 10.1 Å². The lowest BCUT2D eigenvalue weighted by atomic mass is 10.1. The molecule has 98 valence electrons. The Hall–Kier alpha value is -1.84. The third kappa shape index (κ3) is 5.48. The highest BCUT2D eigenvalue weighted by molar-refractivity contribution is 5.82. The largest absolute Gasteiger partial charge is 0.425 e. The molecule has 0 unspecified atom stereocenters. The van der Waals surface area contributed by atoms with Crippen LogP contribution in [0.15, 0.2) is 24.3 Å². The normalized spacial score (nSPS) is 10.2. The van der Waals surface area contributed by atoms with Gasteiger partial charge in [0.25, 0.3) is 0 Å². The minimum atomic E-state index is -0.462. The predicted octanol–water partition coefficient (Wildman–Crippen LogP) is 2.06. The molecule has 0 fully saturated rings. The van der Waals surface area contributed by atoms with Crippen molar-refractivity contribution < 1.29 is 14.3 Å². The van der Waals surface area contributed by atoms with Crippen molar-refractivity contribution in [1.82, 2.24) is 5.32 Å². The van der Waals surface area contributed by atoms with Crippen molar-refractivity contribution in [3.63, 3.8) is 0 Å². The number of ether oxygens (including phenoxy) is 1. The topological polar surface area (TPSA) is 55.4 Å². The van der Waals surface area contributed by atoms with E-state index < -0.39 is 5.97 Å². The number of benzene rings is 1. The Labute approximate surface area is 107 Å². The lowest BCUT2D eigenvalue weighted by Gasteiger charge is -2.07. The maximum atomic E-state index is 11.5. The summed E-state index contributed by atoms with van der Waals surface area (Å²) < 4.78 is 5.07. The summed E-state index contributed by atoms with van der Waals surface area (Å²) in [4.78, 5) is 22.8. The quantitative estimate of drug-likeness (QED) is 0.642. The summed E-state index contributed by atoms with van der Waals surface area (Å²) in [5, 5.41) is 2.53. The zero-order valence-corrected chi connectivity index (χ0v) is 11.0. The number of hydrogen-bond donors (Lipinski definition) is 1. The van der Waals surface area contributed by atoms with E-state index in [-0.39, 0.29) is 18.4 Å². The van der Waals surface area contributed by atoms with Gasteiger partial charge in [0, 0.05) is 6.42 Å². The van der Waals surface area contributed by atoms with Gasteiger partial charge in [-0.3, -0.25) is 4.79 Å². The Kier molecular flexibility index (Phi) is 5.36. The maximum absolute atomic E-state index is 11.5. The molecule has 0 saturated heterocycles. The Morgan fingerprint density at radius 1 is 1.22 bits per heavy atom. The highest BCUT2D eigenvalue weighted by Gasteiger charge is 2.08. The first-order valence-corrected chi connectivity index (χ1v) is 6.01. The SMILES string of the molecule is Cc1ccc(OC(=O)CNC(=O)CC(C)C)cc1. The molecule has 1 aromatic rings. The molecule has 4 heteroatoms. The van der Waals surface area contributed by atoms with Crippen LogP contribution in [0.3, 0.4) is 0 Å². The molecule has 0 aromatic heterocycles. The van der Waals surface area contributed by atoms with Crippen LogP contribution in [0.25, 0.3) is 0 Å². The van der Waals surface area contributed by atoms with Crippen molar-refractivity contribution in [2.24, 2.45) is 5.92 Å². The van der Waals surface area contributed by atoms with Crippen molar-refractivity contribution >= 4 is 11.9 Å². The summed E-state index contributed by atoms with van der Waals surface area (Å²) in [6.45, 7) is 5.76. The van der Waals surface area contributed by atoms with E-state index in [9.17, 15) is 9.59 Å². The van der Waals surface area contributed by atoms with Crippen LogP contribution in [-0.4, -0.2) is 18.4 Å². The van der Waals surface area contributed by atoms with Gasteiger partial charge in [-0.25, -0.2) is 4.79 Å². The maximum Gasteiger partial charge on any atom is 0.330 e. The molecular weight excluding hydrogens is 230 g/mol. The molecule has 0 aliphatic carbocycles. The van der Waals surface area contributed by atoms with E-state index in [2.05, 4.69) is 5.32 Å². The van der Waals surface area contributed by atoms with E-state index in [0.717, 1.165) is 5.56 Å². The van der Waals surface area contributed by atoms with Crippen molar-refractivity contribution in [1.29, 1.82) is 0 Å². The Bertz CT molecular complexity index is 410. The standard InChI is InChI=1S/C14H19NO3/c1-10(2)8-13(16)15-9-14(17)18-12-6-4-11(3)5-7-12/h4-7,10H,8-9H2,1-3H3,(H,15,16). The zero-order chi connectivity index (χ0) is 13.5. The molecule has 0 heterocycles. The highest BCUT2D eigenvalue weighted by atomic mass is 16.5. The van der Waals surface area contributed by atoms with Crippen LogP contribution in [0, 0.1) is 12.8 Å². The van der Waals surface area contributed by atoms with Crippen LogP contribution >= 0.6 is 0 Å². The second-order valence-electron chi connectivity index (χ2n) is 4.66. The van der Waals surface area contributed by atoms with Gasteiger partial charge in [-0.05, 0) is 25.0 Å². The van der Waals surface area contributed by atoms with Gasteiger partial charge in [-0.1, -0.05) is 31.5 Å². The number of carbonyl (C=O) groups excluding carboxylic acids is 2. The average molecular weight is 249 g/mol. The van der Waals surface area contributed by atoms with Gasteiger partial charge in [0.2, 0.25) is 5.91 Å². The molecule has 0 saturated carbocycles. The summed E-state index contributed by atoms with van der Waals surface area (Å²) >= 11 is 0. The smallest absolute Gasteiger partial charge is 0.330 e. The Morgan fingerprint density at radius 3 is 2.39 bits per heavy atom. The van der Waals surface area contributed by atoms with Gasteiger partial charge in [-0.2, -0.15) is 0 Å². The Balaban J connectivity index is 2.34. The molecule has 1 amide bonds. The number of rotatable bonds is 5. The second-order valence-corrected chi connectivity index (χ2v) is 4.66. The molecule has 0 aliphatic heterocycles. The third-order valence-electron chi connectivity index (χ3n) is 2.28. The third-order valence-corrected chi connectivity index (χ3v) is 2.28. The van der Waals surface area contributed by atoms with Crippen molar-refractivity contribution in [2.75, 3.05) is 6.54 Å². The van der Waals surface area contributed by atoms with E-state index in [4.69, 9.17) is 4.74 Å². The molecule has 0 atom stereocenters. The van der Waals surface area contributed by atoms with Crippen LogP contribution in [-0.2, 0) is 9.59 Å². The summed E-state index contributed by atoms with van der Waals surface area (Å²) in [5.41, 5.74) is 1.10. The number of nitrogens with one attached hydrogen (secondary N) is 1. The fourth-order valence-corrected chi connectivity index (χ4v) is 1.39. The number of carbonyl (C=O) groups is 2. The van der Waals surface area contributed by atoms with Crippen LogP contribution in [0.1, 0.15) is 25.8 Å². The van der Waals surface area contributed by atoms with Crippen molar-refractivity contribution in [3.05, 3.63) is 29.8 Å². The molecule has 1 N–H and O–H groups in total. The molecule has 1 aromatic carbocycles. The molecule has 0 aliphatic rings. The monoisotopic (exact) mass is 249 g/mol. The highest BCUT2D eigenvalue weighted by Crippen LogP contribution is 2.11. The molecule has 1 rings (SSSR count). The van der Waals surface area contributed by atoms with E-state index in [0.29, 0.717) is 12.2 Å². The van der Waals surface area contributed by atoms with Gasteiger partial charge in [-0.15, -0.1) is 0 Å². The summed E-state index contributed by atoms with van der Waals surface area (Å²) in [5.74, 6) is 0.170. The predicted molar refractivity (Wildman–Crippen MR) is 69.3 cm³/mol. The molecule has 0 radical (unpaired) electrons. The Morgan fingerprint density at radius 2 is 1.83 bits per heavy atom. The van der Waals surface area contributed by atoms with Crippen LogP contribution in [0.5, 0.6) is 5.75 Å². The van der Waals surface area contributed by atoms with Crippen LogP contribution in [0.4, 0.5) is 0 Å². The molecule has 4 nitrogen and oxygen atoms in total. The summed E-state index contributed by atoms with van der Waals surface area (Å²) in [6, 6.07) is 7.17. The number of esters is 1. The summed E-state index contributed by atoms with van der Waals surface area (Å²) in [7, 11) is 0. The molecular formula is C14H19NO3. The van der Waals surface area contributed by atoms with Crippen molar-refractivity contribution in [2.45, 2.75) is 27.2 Å². The first-order valence-electron chi connectivity index (χ1n) is 6.01. The first kappa shape index (κ1) is 14.2. The van der Waals surface area contributed by atoms with Gasteiger partial charge in [0.15, 0.2) is 0 Å². The van der Waals surface area contributed by atoms with E-state index in [1.165, 1.54) is 0 Å². The second kappa shape index (κ2) is 6.79. The first-order chi connectivity index (χ1) is 8.47. The van der Waals surface area contributed by atoms with E-state index in [1.807, 2.05) is 32.9 Å². The fraction of sp³-hybridized carbons (Fsp3) is 0.429. The lowest BCUT2D eigenvalue weighted by Crippen LogP contribution is -2.32. The zero-order valence-electron chi connectivity index (χ0n) is 11.0. The number of aryl methyl sites for hydroxylation is 1. The van der Waals surface area contributed by atoms with Crippen LogP contribution in [0.2, 0.25) is 0 Å². The molecule has 0 spiro atoms. The van der Waals surface area contributed by atoms with Gasteiger partial charge < -0.3 is 10.1 Å². The van der Waals surface area contributed by atoms with Gasteiger partial charge >= 0.3 is 5.97 Å². The molecule has 18 heavy (non-hydrogen) atoms. The van der Waals surface area contributed by atoms with Gasteiger partial charge in [0.1, 0.15) is 12.3 Å².